The molecule has 0 aliphatic carbocycles. The van der Waals surface area contributed by atoms with E-state index in [4.69, 9.17) is 0 Å². The minimum Gasteiger partial charge on any atom is -0.303 e. The van der Waals surface area contributed by atoms with E-state index >= 15 is 0 Å². The molecule has 1 atom stereocenters. The molecule has 2 nitrogen and oxygen atoms in total. The van der Waals surface area contributed by atoms with Crippen LogP contribution in [0.1, 0.15) is 33.1 Å². The van der Waals surface area contributed by atoms with Gasteiger partial charge in [-0.2, -0.15) is 0 Å². The van der Waals surface area contributed by atoms with Crippen molar-refractivity contribution in [3.8, 4) is 0 Å². The van der Waals surface area contributed by atoms with Gasteiger partial charge in [0.05, 0.1) is 0 Å². The van der Waals surface area contributed by atoms with Gasteiger partial charge in [-0.05, 0) is 25.3 Å². The molecule has 12 heavy (non-hydrogen) atoms. The fourth-order valence-electron chi connectivity index (χ4n) is 2.10. The minimum absolute atomic E-state index is 0.698. The summed E-state index contributed by atoms with van der Waals surface area (Å²) in [6.07, 6.45) is 4.34. The summed E-state index contributed by atoms with van der Waals surface area (Å²) in [6.45, 7) is 6.69. The van der Waals surface area contributed by atoms with Gasteiger partial charge in [0.25, 0.3) is 0 Å². The van der Waals surface area contributed by atoms with Crippen LogP contribution in [-0.4, -0.2) is 30.3 Å². The number of hydrogen-bond acceptors (Lipinski definition) is 2. The Labute approximate surface area is 74.9 Å². The number of hydrogen-bond donors (Lipinski definition) is 0. The van der Waals surface area contributed by atoms with E-state index in [9.17, 15) is 4.79 Å². The topological polar surface area (TPSA) is 20.3 Å². The number of nitrogens with zero attached hydrogens (tertiary/aromatic N) is 1. The van der Waals surface area contributed by atoms with Crippen molar-refractivity contribution >= 4 is 6.29 Å². The van der Waals surface area contributed by atoms with Crippen LogP contribution in [0.3, 0.4) is 0 Å². The third-order valence-corrected chi connectivity index (χ3v) is 2.72. The minimum atomic E-state index is 0.698. The Bertz CT molecular complexity index is 145. The Morgan fingerprint density at radius 1 is 1.58 bits per heavy atom. The summed E-state index contributed by atoms with van der Waals surface area (Å²) >= 11 is 0. The maximum Gasteiger partial charge on any atom is 0.121 e. The van der Waals surface area contributed by atoms with Crippen LogP contribution in [0.15, 0.2) is 0 Å². The Morgan fingerprint density at radius 3 is 2.92 bits per heavy atom. The molecule has 1 fully saturated rings. The Kier molecular flexibility index (Phi) is 3.73. The van der Waals surface area contributed by atoms with Gasteiger partial charge in [-0.1, -0.05) is 13.8 Å². The number of aldehydes is 1. The van der Waals surface area contributed by atoms with Crippen LogP contribution in [0.5, 0.6) is 0 Å². The van der Waals surface area contributed by atoms with Gasteiger partial charge >= 0.3 is 0 Å². The third-order valence-electron chi connectivity index (χ3n) is 2.72. The molecule has 0 N–H and O–H groups in total. The van der Waals surface area contributed by atoms with Gasteiger partial charge < -0.3 is 4.79 Å². The molecule has 70 valence electrons. The third kappa shape index (κ3) is 2.31. The van der Waals surface area contributed by atoms with E-state index < -0.39 is 0 Å². The van der Waals surface area contributed by atoms with Crippen molar-refractivity contribution in [1.82, 2.24) is 4.90 Å². The average Bonchev–Trinajstić information content (AvgIpc) is 2.48. The zero-order valence-electron chi connectivity index (χ0n) is 8.12. The van der Waals surface area contributed by atoms with Crippen molar-refractivity contribution in [1.29, 1.82) is 0 Å². The lowest BCUT2D eigenvalue weighted by Gasteiger charge is -2.26. The lowest BCUT2D eigenvalue weighted by molar-refractivity contribution is -0.108. The van der Waals surface area contributed by atoms with E-state index in [1.165, 1.54) is 19.4 Å². The van der Waals surface area contributed by atoms with Gasteiger partial charge in [-0.3, -0.25) is 4.90 Å². The Morgan fingerprint density at radius 2 is 2.33 bits per heavy atom. The van der Waals surface area contributed by atoms with E-state index in [2.05, 4.69) is 18.7 Å². The molecule has 0 radical (unpaired) electrons. The summed E-state index contributed by atoms with van der Waals surface area (Å²) in [5.41, 5.74) is 0. The molecule has 0 bridgehead atoms. The number of rotatable bonds is 4. The first-order valence-electron chi connectivity index (χ1n) is 4.93. The van der Waals surface area contributed by atoms with Crippen LogP contribution in [0.2, 0.25) is 0 Å². The van der Waals surface area contributed by atoms with Crippen molar-refractivity contribution < 1.29 is 4.79 Å². The molecular formula is C10H19NO. The quantitative estimate of drug-likeness (QED) is 0.597. The molecule has 0 saturated carbocycles. The molecule has 1 aliphatic heterocycles. The molecule has 0 spiro atoms. The smallest absolute Gasteiger partial charge is 0.121 e. The largest absolute Gasteiger partial charge is 0.303 e. The van der Waals surface area contributed by atoms with Crippen molar-refractivity contribution in [2.45, 2.75) is 39.2 Å². The second-order valence-corrected chi connectivity index (χ2v) is 3.94. The lowest BCUT2D eigenvalue weighted by Crippen LogP contribution is -2.34. The van der Waals surface area contributed by atoms with Gasteiger partial charge in [-0.25, -0.2) is 0 Å². The molecule has 0 amide bonds. The molecular weight excluding hydrogens is 150 g/mol. The van der Waals surface area contributed by atoms with Crippen molar-refractivity contribution in [2.24, 2.45) is 5.92 Å². The van der Waals surface area contributed by atoms with Crippen LogP contribution in [0.25, 0.3) is 0 Å². The van der Waals surface area contributed by atoms with Crippen LogP contribution >= 0.6 is 0 Å². The summed E-state index contributed by atoms with van der Waals surface area (Å²) in [6, 6.07) is 0.727. The highest BCUT2D eigenvalue weighted by Gasteiger charge is 2.25. The first kappa shape index (κ1) is 9.72. The predicted molar refractivity (Wildman–Crippen MR) is 50.1 cm³/mol. The molecule has 1 aliphatic rings. The first-order valence-corrected chi connectivity index (χ1v) is 4.93. The normalized spacial score (nSPS) is 25.1. The van der Waals surface area contributed by atoms with E-state index in [-0.39, 0.29) is 0 Å². The fraction of sp³-hybridized carbons (Fsp3) is 0.900. The molecule has 1 unspecified atom stereocenters. The highest BCUT2D eigenvalue weighted by atomic mass is 16.1. The lowest BCUT2D eigenvalue weighted by atomic mass is 10.0. The molecule has 1 saturated heterocycles. The number of carbonyl (C=O) groups excluding carboxylic acids is 1. The summed E-state index contributed by atoms with van der Waals surface area (Å²) in [5, 5.41) is 0. The van der Waals surface area contributed by atoms with Crippen LogP contribution in [0.4, 0.5) is 0 Å². The van der Waals surface area contributed by atoms with E-state index in [1.54, 1.807) is 0 Å². The molecule has 0 aromatic carbocycles. The van der Waals surface area contributed by atoms with Crippen molar-refractivity contribution in [2.75, 3.05) is 13.1 Å². The monoisotopic (exact) mass is 169 g/mol. The summed E-state index contributed by atoms with van der Waals surface area (Å²) < 4.78 is 0. The maximum atomic E-state index is 10.2. The van der Waals surface area contributed by atoms with Crippen LogP contribution in [-0.2, 0) is 4.79 Å². The first-order chi connectivity index (χ1) is 5.75. The standard InChI is InChI=1S/C10H19NO/c1-9(2)10-5-3-6-11(10)7-4-8-12/h8-10H,3-7H2,1-2H3. The predicted octanol–water partition coefficient (Wildman–Crippen LogP) is 1.70. The van der Waals surface area contributed by atoms with Gasteiger partial charge in [0.1, 0.15) is 6.29 Å². The van der Waals surface area contributed by atoms with Gasteiger partial charge in [0.15, 0.2) is 0 Å². The SMILES string of the molecule is CC(C)C1CCCN1CCC=O. The highest BCUT2D eigenvalue weighted by molar-refractivity contribution is 5.49. The van der Waals surface area contributed by atoms with Crippen molar-refractivity contribution in [3.05, 3.63) is 0 Å². The molecule has 1 rings (SSSR count). The van der Waals surface area contributed by atoms with Crippen molar-refractivity contribution in [3.63, 3.8) is 0 Å². The average molecular weight is 169 g/mol. The molecule has 0 aromatic heterocycles. The van der Waals surface area contributed by atoms with Gasteiger partial charge in [0.2, 0.25) is 0 Å². The van der Waals surface area contributed by atoms with Gasteiger partial charge in [-0.15, -0.1) is 0 Å². The number of carbonyl (C=O) groups is 1. The van der Waals surface area contributed by atoms with Crippen LogP contribution in [0, 0.1) is 5.92 Å². The summed E-state index contributed by atoms with van der Waals surface area (Å²) in [7, 11) is 0. The van der Waals surface area contributed by atoms with E-state index in [0.29, 0.717) is 6.42 Å². The zero-order chi connectivity index (χ0) is 8.97. The molecule has 2 heteroatoms. The fourth-order valence-corrected chi connectivity index (χ4v) is 2.10. The van der Waals surface area contributed by atoms with E-state index in [0.717, 1.165) is 24.8 Å². The second kappa shape index (κ2) is 4.61. The second-order valence-electron chi connectivity index (χ2n) is 3.94. The van der Waals surface area contributed by atoms with Gasteiger partial charge in [0, 0.05) is 19.0 Å². The van der Waals surface area contributed by atoms with E-state index in [1.807, 2.05) is 0 Å². The maximum absolute atomic E-state index is 10.2. The molecule has 0 aromatic rings. The highest BCUT2D eigenvalue weighted by Crippen LogP contribution is 2.23. The summed E-state index contributed by atoms with van der Waals surface area (Å²) in [4.78, 5) is 12.7. The number of likely N-dealkylation sites (tertiary alicyclic amines) is 1. The van der Waals surface area contributed by atoms with Crippen LogP contribution < -0.4 is 0 Å². The molecule has 1 heterocycles. The zero-order valence-corrected chi connectivity index (χ0v) is 8.12. The Balaban J connectivity index is 2.35. The Hall–Kier alpha value is -0.370. The summed E-state index contributed by atoms with van der Waals surface area (Å²) in [5.74, 6) is 0.735.